The maximum absolute atomic E-state index is 5.58. The minimum Gasteiger partial charge on any atom is -0.494 e. The molecule has 0 spiro atoms. The number of aromatic nitrogens is 1. The fourth-order valence-electron chi connectivity index (χ4n) is 4.68. The van der Waals surface area contributed by atoms with Crippen LogP contribution in [0.15, 0.2) is 54.7 Å². The number of methoxy groups -OCH3 is 1. The molecule has 1 aliphatic heterocycles. The maximum Gasteiger partial charge on any atom is 0.145 e. The van der Waals surface area contributed by atoms with E-state index < -0.39 is 0 Å². The van der Waals surface area contributed by atoms with Crippen LogP contribution in [0.25, 0.3) is 10.9 Å². The molecule has 4 nitrogen and oxygen atoms in total. The summed E-state index contributed by atoms with van der Waals surface area (Å²) in [5.41, 5.74) is 4.91. The topological polar surface area (TPSA) is 28.6 Å². The molecule has 3 aromatic rings. The summed E-state index contributed by atoms with van der Waals surface area (Å²) in [6, 6.07) is 17.6. The van der Waals surface area contributed by atoms with Crippen LogP contribution in [-0.2, 0) is 6.54 Å². The third-order valence-corrected chi connectivity index (χ3v) is 5.99. The summed E-state index contributed by atoms with van der Waals surface area (Å²) >= 11 is 0. The molecule has 0 atom stereocenters. The van der Waals surface area contributed by atoms with E-state index in [1.54, 1.807) is 7.11 Å². The normalized spacial score (nSPS) is 17.4. The van der Waals surface area contributed by atoms with E-state index in [9.17, 15) is 0 Å². The van der Waals surface area contributed by atoms with Gasteiger partial charge in [0.15, 0.2) is 0 Å². The number of benzene rings is 2. The minimum atomic E-state index is 0.604. The Kier molecular flexibility index (Phi) is 4.12. The molecular formula is C23H25N3O. The first-order chi connectivity index (χ1) is 13.3. The Balaban J connectivity index is 1.66. The van der Waals surface area contributed by atoms with Gasteiger partial charge in [0.1, 0.15) is 11.3 Å². The van der Waals surface area contributed by atoms with E-state index in [0.29, 0.717) is 6.04 Å². The molecule has 0 bridgehead atoms. The van der Waals surface area contributed by atoms with Crippen LogP contribution >= 0.6 is 0 Å². The van der Waals surface area contributed by atoms with Gasteiger partial charge in [-0.15, -0.1) is 0 Å². The molecule has 0 N–H and O–H groups in total. The summed E-state index contributed by atoms with van der Waals surface area (Å²) < 4.78 is 5.58. The molecular weight excluding hydrogens is 334 g/mol. The Bertz CT molecular complexity index is 950. The zero-order valence-electron chi connectivity index (χ0n) is 15.8. The van der Waals surface area contributed by atoms with E-state index >= 15 is 0 Å². The largest absolute Gasteiger partial charge is 0.494 e. The SMILES string of the molecule is COc1cccc2c3c(cnc12)CN(c1ccccc1)CN3C1CCCC1. The van der Waals surface area contributed by atoms with Gasteiger partial charge in [0.25, 0.3) is 0 Å². The highest BCUT2D eigenvalue weighted by molar-refractivity contribution is 5.97. The predicted molar refractivity (Wildman–Crippen MR) is 111 cm³/mol. The van der Waals surface area contributed by atoms with E-state index in [4.69, 9.17) is 9.72 Å². The molecule has 1 saturated carbocycles. The van der Waals surface area contributed by atoms with Crippen LogP contribution in [0.3, 0.4) is 0 Å². The van der Waals surface area contributed by atoms with Crippen molar-refractivity contribution >= 4 is 22.3 Å². The van der Waals surface area contributed by atoms with Gasteiger partial charge < -0.3 is 14.5 Å². The maximum atomic E-state index is 5.58. The van der Waals surface area contributed by atoms with Crippen molar-refractivity contribution in [2.45, 2.75) is 38.3 Å². The third kappa shape index (κ3) is 2.80. The van der Waals surface area contributed by atoms with Crippen LogP contribution < -0.4 is 14.5 Å². The molecule has 1 aromatic heterocycles. The number of anilines is 2. The number of rotatable bonds is 3. The lowest BCUT2D eigenvalue weighted by atomic mass is 10.0. The number of hydrogen-bond acceptors (Lipinski definition) is 4. The summed E-state index contributed by atoms with van der Waals surface area (Å²) in [4.78, 5) is 9.87. The van der Waals surface area contributed by atoms with Crippen molar-refractivity contribution in [1.82, 2.24) is 4.98 Å². The van der Waals surface area contributed by atoms with Crippen molar-refractivity contribution in [3.8, 4) is 5.75 Å². The predicted octanol–water partition coefficient (Wildman–Crippen LogP) is 4.97. The molecule has 1 fully saturated rings. The van der Waals surface area contributed by atoms with Crippen molar-refractivity contribution < 1.29 is 4.74 Å². The van der Waals surface area contributed by atoms with Crippen LogP contribution in [0.5, 0.6) is 5.75 Å². The lowest BCUT2D eigenvalue weighted by molar-refractivity contribution is 0.419. The van der Waals surface area contributed by atoms with Gasteiger partial charge in [-0.2, -0.15) is 0 Å². The molecule has 0 unspecified atom stereocenters. The molecule has 2 aliphatic rings. The van der Waals surface area contributed by atoms with Gasteiger partial charge in [-0.3, -0.25) is 4.98 Å². The van der Waals surface area contributed by atoms with E-state index in [1.165, 1.54) is 48.0 Å². The van der Waals surface area contributed by atoms with Crippen LogP contribution in [0.2, 0.25) is 0 Å². The summed E-state index contributed by atoms with van der Waals surface area (Å²) in [5, 5.41) is 1.21. The molecule has 2 aromatic carbocycles. The minimum absolute atomic E-state index is 0.604. The second kappa shape index (κ2) is 6.76. The fraction of sp³-hybridized carbons (Fsp3) is 0.348. The Morgan fingerprint density at radius 1 is 1.00 bits per heavy atom. The van der Waals surface area contributed by atoms with Gasteiger partial charge in [0.2, 0.25) is 0 Å². The molecule has 2 heterocycles. The Morgan fingerprint density at radius 2 is 1.81 bits per heavy atom. The van der Waals surface area contributed by atoms with Crippen LogP contribution in [-0.4, -0.2) is 24.8 Å². The second-order valence-electron chi connectivity index (χ2n) is 7.57. The average Bonchev–Trinajstić information content (AvgIpc) is 3.27. The lowest BCUT2D eigenvalue weighted by Crippen LogP contribution is -2.47. The first kappa shape index (κ1) is 16.4. The molecule has 138 valence electrons. The van der Waals surface area contributed by atoms with Crippen molar-refractivity contribution in [2.75, 3.05) is 23.6 Å². The van der Waals surface area contributed by atoms with E-state index in [2.05, 4.69) is 58.5 Å². The molecule has 5 rings (SSSR count). The number of nitrogens with zero attached hydrogens (tertiary/aromatic N) is 3. The van der Waals surface area contributed by atoms with Crippen molar-refractivity contribution in [3.63, 3.8) is 0 Å². The number of hydrogen-bond donors (Lipinski definition) is 0. The molecule has 4 heteroatoms. The van der Waals surface area contributed by atoms with E-state index in [-0.39, 0.29) is 0 Å². The Hall–Kier alpha value is -2.75. The average molecular weight is 359 g/mol. The number of fused-ring (bicyclic) bond motifs is 3. The molecule has 0 radical (unpaired) electrons. The van der Waals surface area contributed by atoms with Crippen molar-refractivity contribution in [3.05, 3.63) is 60.3 Å². The van der Waals surface area contributed by atoms with Gasteiger partial charge in [-0.25, -0.2) is 0 Å². The number of ether oxygens (including phenoxy) is 1. The highest BCUT2D eigenvalue weighted by Gasteiger charge is 2.32. The highest BCUT2D eigenvalue weighted by Crippen LogP contribution is 2.41. The lowest BCUT2D eigenvalue weighted by Gasteiger charge is -2.43. The Morgan fingerprint density at radius 3 is 2.59 bits per heavy atom. The zero-order chi connectivity index (χ0) is 18.2. The first-order valence-electron chi connectivity index (χ1n) is 9.86. The van der Waals surface area contributed by atoms with Crippen molar-refractivity contribution in [1.29, 1.82) is 0 Å². The van der Waals surface area contributed by atoms with E-state index in [0.717, 1.165) is 24.5 Å². The molecule has 27 heavy (non-hydrogen) atoms. The summed E-state index contributed by atoms with van der Waals surface area (Å²) in [5.74, 6) is 0.854. The second-order valence-corrected chi connectivity index (χ2v) is 7.57. The molecule has 1 aliphatic carbocycles. The van der Waals surface area contributed by atoms with Crippen LogP contribution in [0.4, 0.5) is 11.4 Å². The van der Waals surface area contributed by atoms with Gasteiger partial charge >= 0.3 is 0 Å². The van der Waals surface area contributed by atoms with Crippen LogP contribution in [0.1, 0.15) is 31.2 Å². The van der Waals surface area contributed by atoms with E-state index in [1.807, 2.05) is 6.07 Å². The zero-order valence-corrected chi connectivity index (χ0v) is 15.8. The molecule has 0 amide bonds. The first-order valence-corrected chi connectivity index (χ1v) is 9.86. The highest BCUT2D eigenvalue weighted by atomic mass is 16.5. The summed E-state index contributed by atoms with van der Waals surface area (Å²) in [7, 11) is 1.72. The van der Waals surface area contributed by atoms with Gasteiger partial charge in [0, 0.05) is 35.4 Å². The summed E-state index contributed by atoms with van der Waals surface area (Å²) in [6.07, 6.45) is 7.26. The monoisotopic (exact) mass is 359 g/mol. The quantitative estimate of drug-likeness (QED) is 0.660. The van der Waals surface area contributed by atoms with Gasteiger partial charge in [-0.1, -0.05) is 43.2 Å². The fourth-order valence-corrected chi connectivity index (χ4v) is 4.68. The summed E-state index contributed by atoms with van der Waals surface area (Å²) in [6.45, 7) is 1.82. The smallest absolute Gasteiger partial charge is 0.145 e. The number of pyridine rings is 1. The Labute approximate surface area is 160 Å². The van der Waals surface area contributed by atoms with Gasteiger partial charge in [-0.05, 0) is 31.0 Å². The number of para-hydroxylation sites is 2. The standard InChI is InChI=1S/C23H25N3O/c1-27-21-13-7-12-20-22(21)24-14-17-15-25(18-8-3-2-4-9-18)16-26(23(17)20)19-10-5-6-11-19/h2-4,7-9,12-14,19H,5-6,10-11,15-16H2,1H3. The van der Waals surface area contributed by atoms with Crippen molar-refractivity contribution in [2.24, 2.45) is 0 Å². The molecule has 0 saturated heterocycles. The third-order valence-electron chi connectivity index (χ3n) is 5.99. The van der Waals surface area contributed by atoms with Crippen LogP contribution in [0, 0.1) is 0 Å². The van der Waals surface area contributed by atoms with Gasteiger partial charge in [0.05, 0.1) is 19.5 Å².